The van der Waals surface area contributed by atoms with E-state index < -0.39 is 12.1 Å². The Kier molecular flexibility index (Phi) is 2.94. The number of aliphatic carboxylic acids is 1. The number of carboxylic acid groups (broad SMARTS) is 1. The van der Waals surface area contributed by atoms with Gasteiger partial charge in [-0.2, -0.15) is 0 Å². The molecule has 0 aromatic rings. The molecule has 1 fully saturated rings. The number of hydrogen-bond donors (Lipinski definition) is 1. The van der Waals surface area contributed by atoms with Crippen molar-refractivity contribution in [3.63, 3.8) is 0 Å². The van der Waals surface area contributed by atoms with Crippen LogP contribution in [0.2, 0.25) is 0 Å². The molecule has 1 saturated carbocycles. The quantitative estimate of drug-likeness (QED) is 0.723. The monoisotopic (exact) mass is 188 g/mol. The summed E-state index contributed by atoms with van der Waals surface area (Å²) in [5, 5.41) is 8.49. The minimum atomic E-state index is -1.66. The third kappa shape index (κ3) is 2.68. The van der Waals surface area contributed by atoms with Gasteiger partial charge in [0, 0.05) is 5.92 Å². The summed E-state index contributed by atoms with van der Waals surface area (Å²) in [4.78, 5) is 10.4. The maximum absolute atomic E-state index is 13.1. The summed E-state index contributed by atoms with van der Waals surface area (Å²) < 4.78 is 13.1. The van der Waals surface area contributed by atoms with E-state index in [2.05, 4.69) is 13.8 Å². The number of carboxylic acids is 1. The van der Waals surface area contributed by atoms with E-state index in [1.165, 1.54) is 0 Å². The topological polar surface area (TPSA) is 37.3 Å². The Morgan fingerprint density at radius 3 is 2.31 bits per heavy atom. The highest BCUT2D eigenvalue weighted by molar-refractivity contribution is 5.72. The molecule has 13 heavy (non-hydrogen) atoms. The van der Waals surface area contributed by atoms with Crippen molar-refractivity contribution in [3.8, 4) is 0 Å². The molecule has 0 saturated heterocycles. The standard InChI is InChI=1S/C10H17FO2/c1-10(2)5-3-7(4-6-10)8(11)9(12)13/h7-8H,3-6H2,1-2H3,(H,12,13). The van der Waals surface area contributed by atoms with Crippen molar-refractivity contribution >= 4 is 5.97 Å². The summed E-state index contributed by atoms with van der Waals surface area (Å²) in [6.07, 6.45) is 1.63. The molecule has 0 aliphatic heterocycles. The van der Waals surface area contributed by atoms with Gasteiger partial charge in [-0.15, -0.1) is 0 Å². The van der Waals surface area contributed by atoms with E-state index in [1.807, 2.05) is 0 Å². The smallest absolute Gasteiger partial charge is 0.338 e. The molecule has 1 rings (SSSR count). The molecule has 1 N–H and O–H groups in total. The van der Waals surface area contributed by atoms with Crippen molar-refractivity contribution in [2.45, 2.75) is 45.7 Å². The summed E-state index contributed by atoms with van der Waals surface area (Å²) in [5.41, 5.74) is 0.273. The van der Waals surface area contributed by atoms with Crippen molar-refractivity contribution < 1.29 is 14.3 Å². The Balaban J connectivity index is 2.45. The Morgan fingerprint density at radius 1 is 1.46 bits per heavy atom. The highest BCUT2D eigenvalue weighted by atomic mass is 19.1. The molecule has 0 heterocycles. The van der Waals surface area contributed by atoms with E-state index in [-0.39, 0.29) is 11.3 Å². The molecule has 0 bridgehead atoms. The Labute approximate surface area is 78.1 Å². The Morgan fingerprint density at radius 2 is 1.92 bits per heavy atom. The van der Waals surface area contributed by atoms with E-state index in [4.69, 9.17) is 5.11 Å². The maximum atomic E-state index is 13.1. The molecule has 0 amide bonds. The van der Waals surface area contributed by atoms with Gasteiger partial charge in [-0.05, 0) is 31.1 Å². The molecular weight excluding hydrogens is 171 g/mol. The van der Waals surface area contributed by atoms with E-state index in [0.29, 0.717) is 12.8 Å². The van der Waals surface area contributed by atoms with E-state index in [0.717, 1.165) is 12.8 Å². The fourth-order valence-corrected chi connectivity index (χ4v) is 1.92. The first-order valence-electron chi connectivity index (χ1n) is 4.79. The van der Waals surface area contributed by atoms with Crippen molar-refractivity contribution in [2.75, 3.05) is 0 Å². The molecule has 0 aromatic heterocycles. The molecule has 0 radical (unpaired) electrons. The Bertz CT molecular complexity index is 191. The predicted molar refractivity (Wildman–Crippen MR) is 48.3 cm³/mol. The second-order valence-electron chi connectivity index (χ2n) is 4.74. The van der Waals surface area contributed by atoms with Gasteiger partial charge in [-0.1, -0.05) is 13.8 Å². The lowest BCUT2D eigenvalue weighted by molar-refractivity contribution is -0.145. The van der Waals surface area contributed by atoms with Gasteiger partial charge in [-0.3, -0.25) is 0 Å². The molecule has 76 valence electrons. The summed E-state index contributed by atoms with van der Waals surface area (Å²) in [6.45, 7) is 4.30. The van der Waals surface area contributed by atoms with Crippen LogP contribution in [0.1, 0.15) is 39.5 Å². The van der Waals surface area contributed by atoms with Gasteiger partial charge in [0.05, 0.1) is 0 Å². The van der Waals surface area contributed by atoms with Gasteiger partial charge in [0.25, 0.3) is 0 Å². The summed E-state index contributed by atoms with van der Waals surface area (Å²) >= 11 is 0. The molecule has 0 aromatic carbocycles. The normalized spacial score (nSPS) is 25.5. The van der Waals surface area contributed by atoms with Crippen LogP contribution in [0.4, 0.5) is 4.39 Å². The zero-order valence-electron chi connectivity index (χ0n) is 8.22. The largest absolute Gasteiger partial charge is 0.479 e. The lowest BCUT2D eigenvalue weighted by Crippen LogP contribution is -2.31. The first-order valence-corrected chi connectivity index (χ1v) is 4.79. The molecular formula is C10H17FO2. The molecule has 3 heteroatoms. The molecule has 0 spiro atoms. The van der Waals surface area contributed by atoms with Crippen LogP contribution in [0.5, 0.6) is 0 Å². The van der Waals surface area contributed by atoms with E-state index in [1.54, 1.807) is 0 Å². The average Bonchev–Trinajstić information content (AvgIpc) is 2.03. The van der Waals surface area contributed by atoms with Gasteiger partial charge >= 0.3 is 5.97 Å². The van der Waals surface area contributed by atoms with Gasteiger partial charge < -0.3 is 5.11 Å². The minimum absolute atomic E-state index is 0.259. The number of rotatable bonds is 2. The molecule has 1 aliphatic carbocycles. The van der Waals surface area contributed by atoms with Gasteiger partial charge in [0.1, 0.15) is 0 Å². The summed E-state index contributed by atoms with van der Waals surface area (Å²) in [7, 11) is 0. The van der Waals surface area contributed by atoms with Crippen LogP contribution in [-0.2, 0) is 4.79 Å². The zero-order chi connectivity index (χ0) is 10.1. The van der Waals surface area contributed by atoms with Gasteiger partial charge in [-0.25, -0.2) is 9.18 Å². The molecule has 1 atom stereocenters. The van der Waals surface area contributed by atoms with Crippen LogP contribution >= 0.6 is 0 Å². The number of alkyl halides is 1. The van der Waals surface area contributed by atoms with Gasteiger partial charge in [0.15, 0.2) is 6.17 Å². The summed E-state index contributed by atoms with van der Waals surface area (Å²) in [6, 6.07) is 0. The van der Waals surface area contributed by atoms with Crippen LogP contribution in [0, 0.1) is 11.3 Å². The maximum Gasteiger partial charge on any atom is 0.338 e. The van der Waals surface area contributed by atoms with Crippen LogP contribution in [0.25, 0.3) is 0 Å². The average molecular weight is 188 g/mol. The SMILES string of the molecule is CC1(C)CCC(C(F)C(=O)O)CC1. The van der Waals surface area contributed by atoms with Crippen molar-refractivity contribution in [3.05, 3.63) is 0 Å². The van der Waals surface area contributed by atoms with Crippen LogP contribution in [0.3, 0.4) is 0 Å². The summed E-state index contributed by atoms with van der Waals surface area (Å²) in [5.74, 6) is -1.56. The number of hydrogen-bond acceptors (Lipinski definition) is 1. The molecule has 1 unspecified atom stereocenters. The van der Waals surface area contributed by atoms with E-state index in [9.17, 15) is 9.18 Å². The van der Waals surface area contributed by atoms with Crippen LogP contribution < -0.4 is 0 Å². The van der Waals surface area contributed by atoms with Crippen LogP contribution in [-0.4, -0.2) is 17.2 Å². The minimum Gasteiger partial charge on any atom is -0.479 e. The number of halogens is 1. The Hall–Kier alpha value is -0.600. The van der Waals surface area contributed by atoms with Crippen LogP contribution in [0.15, 0.2) is 0 Å². The lowest BCUT2D eigenvalue weighted by Gasteiger charge is -2.34. The van der Waals surface area contributed by atoms with Crippen molar-refractivity contribution in [1.29, 1.82) is 0 Å². The van der Waals surface area contributed by atoms with Crippen molar-refractivity contribution in [1.82, 2.24) is 0 Å². The van der Waals surface area contributed by atoms with Gasteiger partial charge in [0.2, 0.25) is 0 Å². The lowest BCUT2D eigenvalue weighted by atomic mass is 9.72. The molecule has 1 aliphatic rings. The first-order chi connectivity index (χ1) is 5.92. The fourth-order valence-electron chi connectivity index (χ4n) is 1.92. The first kappa shape index (κ1) is 10.5. The predicted octanol–water partition coefficient (Wildman–Crippen LogP) is 2.63. The van der Waals surface area contributed by atoms with E-state index >= 15 is 0 Å². The number of carbonyl (C=O) groups is 1. The molecule has 2 nitrogen and oxygen atoms in total. The highest BCUT2D eigenvalue weighted by Crippen LogP contribution is 2.39. The zero-order valence-corrected chi connectivity index (χ0v) is 8.22. The fraction of sp³-hybridized carbons (Fsp3) is 0.900. The third-order valence-corrected chi connectivity index (χ3v) is 3.03. The third-order valence-electron chi connectivity index (χ3n) is 3.03. The van der Waals surface area contributed by atoms with Crippen molar-refractivity contribution in [2.24, 2.45) is 11.3 Å². The second kappa shape index (κ2) is 3.64. The highest BCUT2D eigenvalue weighted by Gasteiger charge is 2.34. The second-order valence-corrected chi connectivity index (χ2v) is 4.74.